The van der Waals surface area contributed by atoms with Crippen LogP contribution >= 0.6 is 0 Å². The number of fused-ring (bicyclic) bond motifs is 1. The van der Waals surface area contributed by atoms with Gasteiger partial charge in [0.05, 0.1) is 0 Å². The van der Waals surface area contributed by atoms with Gasteiger partial charge in [-0.05, 0) is 31.2 Å². The zero-order valence-corrected chi connectivity index (χ0v) is 18.6. The molecule has 0 radical (unpaired) electrons. The second kappa shape index (κ2) is 9.82. The summed E-state index contributed by atoms with van der Waals surface area (Å²) in [5.41, 5.74) is 4.53. The Morgan fingerprint density at radius 2 is 2.00 bits per heavy atom. The van der Waals surface area contributed by atoms with E-state index in [1.807, 2.05) is 53.0 Å². The van der Waals surface area contributed by atoms with Gasteiger partial charge in [0.2, 0.25) is 0 Å². The maximum Gasteiger partial charge on any atom is 0.260 e. The highest BCUT2D eigenvalue weighted by atomic mass is 16.5. The molecule has 0 unspecified atom stereocenters. The molecule has 8 heteroatoms. The molecule has 0 bridgehead atoms. The number of amides is 1. The summed E-state index contributed by atoms with van der Waals surface area (Å²) >= 11 is 0. The Hall–Kier alpha value is -3.39. The van der Waals surface area contributed by atoms with Crippen LogP contribution in [0.2, 0.25) is 0 Å². The third kappa shape index (κ3) is 4.60. The number of benzene rings is 1. The molecule has 1 aliphatic rings. The normalized spacial score (nSPS) is 14.1. The molecule has 0 saturated carbocycles. The van der Waals surface area contributed by atoms with E-state index in [0.29, 0.717) is 30.9 Å². The Kier molecular flexibility index (Phi) is 6.70. The number of pyridine rings is 1. The maximum atomic E-state index is 12.8. The monoisotopic (exact) mass is 435 g/mol. The van der Waals surface area contributed by atoms with Gasteiger partial charge in [-0.3, -0.25) is 9.59 Å². The number of hydrogen-bond donors (Lipinski definition) is 1. The average molecular weight is 436 g/mol. The Labute approximate surface area is 187 Å². The number of hydrogen-bond acceptors (Lipinski definition) is 6. The zero-order chi connectivity index (χ0) is 22.5. The van der Waals surface area contributed by atoms with Crippen molar-refractivity contribution in [1.29, 1.82) is 0 Å². The van der Waals surface area contributed by atoms with Crippen LogP contribution in [0.5, 0.6) is 5.75 Å². The summed E-state index contributed by atoms with van der Waals surface area (Å²) in [6.45, 7) is 5.41. The molecule has 1 fully saturated rings. The summed E-state index contributed by atoms with van der Waals surface area (Å²) in [5, 5.41) is 3.08. The molecule has 8 nitrogen and oxygen atoms in total. The van der Waals surface area contributed by atoms with E-state index in [1.165, 1.54) is 0 Å². The molecule has 1 N–H and O–H groups in total. The van der Waals surface area contributed by atoms with Crippen LogP contribution < -0.4 is 15.0 Å². The number of nitrogens with one attached hydrogen (secondary N) is 1. The minimum atomic E-state index is -0.0205. The Morgan fingerprint density at radius 1 is 1.19 bits per heavy atom. The molecule has 1 amide bonds. The van der Waals surface area contributed by atoms with Crippen LogP contribution in [0.25, 0.3) is 5.65 Å². The molecule has 3 aromatic rings. The fourth-order valence-corrected chi connectivity index (χ4v) is 4.07. The second-order valence-corrected chi connectivity index (χ2v) is 7.90. The van der Waals surface area contributed by atoms with Crippen LogP contribution in [0, 0.1) is 0 Å². The molecule has 1 aromatic carbocycles. The van der Waals surface area contributed by atoms with Crippen molar-refractivity contribution in [3.05, 3.63) is 59.5 Å². The summed E-state index contributed by atoms with van der Waals surface area (Å²) < 4.78 is 7.85. The first-order valence-corrected chi connectivity index (χ1v) is 11.0. The lowest BCUT2D eigenvalue weighted by atomic mass is 10.1. The predicted molar refractivity (Wildman–Crippen MR) is 123 cm³/mol. The molecule has 4 rings (SSSR count). The van der Waals surface area contributed by atoms with Gasteiger partial charge in [0, 0.05) is 74.2 Å². The van der Waals surface area contributed by atoms with E-state index in [4.69, 9.17) is 4.74 Å². The summed E-state index contributed by atoms with van der Waals surface area (Å²) in [5.74, 6) is 0.689. The number of aromatic nitrogens is 2. The molecule has 32 heavy (non-hydrogen) atoms. The van der Waals surface area contributed by atoms with Gasteiger partial charge in [0.15, 0.2) is 6.61 Å². The molecule has 0 aliphatic carbocycles. The van der Waals surface area contributed by atoms with Crippen molar-refractivity contribution in [2.75, 3.05) is 44.7 Å². The molecule has 2 aromatic heterocycles. The number of piperazine rings is 1. The van der Waals surface area contributed by atoms with Crippen molar-refractivity contribution < 1.29 is 14.3 Å². The Balaban J connectivity index is 1.34. The highest BCUT2D eigenvalue weighted by Crippen LogP contribution is 2.23. The first-order chi connectivity index (χ1) is 15.6. The quantitative estimate of drug-likeness (QED) is 0.547. The molecular weight excluding hydrogens is 406 g/mol. The Morgan fingerprint density at radius 3 is 2.72 bits per heavy atom. The van der Waals surface area contributed by atoms with Gasteiger partial charge in [-0.15, -0.1) is 0 Å². The zero-order valence-electron chi connectivity index (χ0n) is 18.6. The van der Waals surface area contributed by atoms with Crippen LogP contribution in [0.15, 0.2) is 42.9 Å². The molecule has 1 saturated heterocycles. The number of ether oxygens (including phenoxy) is 1. The van der Waals surface area contributed by atoms with E-state index < -0.39 is 0 Å². The van der Waals surface area contributed by atoms with Gasteiger partial charge in [-0.25, -0.2) is 4.98 Å². The van der Waals surface area contributed by atoms with Crippen molar-refractivity contribution in [3.8, 4) is 5.75 Å². The van der Waals surface area contributed by atoms with Crippen LogP contribution in [-0.4, -0.2) is 66.3 Å². The number of anilines is 1. The van der Waals surface area contributed by atoms with Crippen molar-refractivity contribution in [2.45, 2.75) is 19.9 Å². The van der Waals surface area contributed by atoms with Gasteiger partial charge in [-0.1, -0.05) is 13.0 Å². The van der Waals surface area contributed by atoms with E-state index in [9.17, 15) is 9.59 Å². The molecule has 3 heterocycles. The van der Waals surface area contributed by atoms with E-state index in [-0.39, 0.29) is 12.5 Å². The van der Waals surface area contributed by atoms with Gasteiger partial charge in [-0.2, -0.15) is 0 Å². The molecular formula is C24H29N5O3. The minimum Gasteiger partial charge on any atom is -0.483 e. The van der Waals surface area contributed by atoms with Crippen molar-refractivity contribution in [1.82, 2.24) is 19.6 Å². The molecule has 0 atom stereocenters. The molecule has 168 valence electrons. The fourth-order valence-electron chi connectivity index (χ4n) is 4.07. The lowest BCUT2D eigenvalue weighted by molar-refractivity contribution is -0.133. The largest absolute Gasteiger partial charge is 0.483 e. The third-order valence-corrected chi connectivity index (χ3v) is 5.92. The second-order valence-electron chi connectivity index (χ2n) is 7.90. The van der Waals surface area contributed by atoms with E-state index in [0.717, 1.165) is 48.3 Å². The number of carbonyl (C=O) groups is 2. The van der Waals surface area contributed by atoms with Crippen molar-refractivity contribution in [2.24, 2.45) is 0 Å². The highest BCUT2D eigenvalue weighted by molar-refractivity contribution is 5.80. The minimum absolute atomic E-state index is 0.0118. The van der Waals surface area contributed by atoms with Crippen LogP contribution in [-0.2, 0) is 17.8 Å². The SMILES string of the molecule is CCc1cn2ccnc2cc1OCC(=O)N1CCN(c2ccc(CNC)c(C=O)c2)CC1. The number of aryl methyl sites for hydroxylation is 1. The first-order valence-electron chi connectivity index (χ1n) is 11.0. The summed E-state index contributed by atoms with van der Waals surface area (Å²) in [6, 6.07) is 7.84. The van der Waals surface area contributed by atoms with Gasteiger partial charge in [0.1, 0.15) is 17.7 Å². The predicted octanol–water partition coefficient (Wildman–Crippen LogP) is 2.16. The van der Waals surface area contributed by atoms with Crippen molar-refractivity contribution >= 4 is 23.5 Å². The van der Waals surface area contributed by atoms with Gasteiger partial charge >= 0.3 is 0 Å². The van der Waals surface area contributed by atoms with Crippen LogP contribution in [0.1, 0.15) is 28.4 Å². The van der Waals surface area contributed by atoms with Crippen LogP contribution in [0.4, 0.5) is 5.69 Å². The smallest absolute Gasteiger partial charge is 0.260 e. The highest BCUT2D eigenvalue weighted by Gasteiger charge is 2.22. The van der Waals surface area contributed by atoms with Crippen molar-refractivity contribution in [3.63, 3.8) is 0 Å². The van der Waals surface area contributed by atoms with E-state index >= 15 is 0 Å². The first kappa shape index (κ1) is 21.8. The molecule has 1 aliphatic heterocycles. The average Bonchev–Trinajstić information content (AvgIpc) is 3.29. The number of rotatable bonds is 8. The summed E-state index contributed by atoms with van der Waals surface area (Å²) in [4.78, 5) is 32.5. The number of nitrogens with zero attached hydrogens (tertiary/aromatic N) is 4. The Bertz CT molecular complexity index is 1100. The maximum absolute atomic E-state index is 12.8. The number of imidazole rings is 1. The van der Waals surface area contributed by atoms with E-state index in [1.54, 1.807) is 6.20 Å². The van der Waals surface area contributed by atoms with E-state index in [2.05, 4.69) is 22.1 Å². The fraction of sp³-hybridized carbons (Fsp3) is 0.375. The lowest BCUT2D eigenvalue weighted by Crippen LogP contribution is -2.50. The number of aldehydes is 1. The van der Waals surface area contributed by atoms with Crippen LogP contribution in [0.3, 0.4) is 0 Å². The number of carbonyl (C=O) groups excluding carboxylic acids is 2. The molecule has 0 spiro atoms. The standard InChI is InChI=1S/C24H29N5O3/c1-3-18-15-29-7-6-26-23(29)13-22(18)32-17-24(31)28-10-8-27(9-11-28)21-5-4-19(14-25-2)20(12-21)16-30/h4-7,12-13,15-16,25H,3,8-11,14,17H2,1-2H3. The topological polar surface area (TPSA) is 79.2 Å². The lowest BCUT2D eigenvalue weighted by Gasteiger charge is -2.36. The van der Waals surface area contributed by atoms with Gasteiger partial charge in [0.25, 0.3) is 5.91 Å². The van der Waals surface area contributed by atoms with Gasteiger partial charge < -0.3 is 24.3 Å². The third-order valence-electron chi connectivity index (χ3n) is 5.92. The summed E-state index contributed by atoms with van der Waals surface area (Å²) in [6.07, 6.45) is 7.35. The summed E-state index contributed by atoms with van der Waals surface area (Å²) in [7, 11) is 1.86.